The molecule has 2 amide bonds. The number of carbonyl (C=O) groups is 2. The van der Waals surface area contributed by atoms with E-state index in [0.29, 0.717) is 21.6 Å². The van der Waals surface area contributed by atoms with Crippen LogP contribution in [0.25, 0.3) is 10.9 Å². The number of aromatic nitrogens is 2. The number of halogens is 1. The Hall–Kier alpha value is -3.20. The summed E-state index contributed by atoms with van der Waals surface area (Å²) in [4.78, 5) is 41.0. The zero-order valence-corrected chi connectivity index (χ0v) is 16.5. The van der Waals surface area contributed by atoms with Crippen molar-refractivity contribution in [3.05, 3.63) is 70.3 Å². The summed E-state index contributed by atoms with van der Waals surface area (Å²) >= 11 is 1.04. The molecule has 150 valence electrons. The summed E-state index contributed by atoms with van der Waals surface area (Å²) in [5, 5.41) is 2.12. The highest BCUT2D eigenvalue weighted by Crippen LogP contribution is 2.23. The summed E-state index contributed by atoms with van der Waals surface area (Å²) in [5.74, 6) is -0.946. The molecule has 1 atom stereocenters. The topological polar surface area (TPSA) is 90.3 Å². The molecular weight excluding hydrogens is 397 g/mol. The summed E-state index contributed by atoms with van der Waals surface area (Å²) in [5.41, 5.74) is 0.929. The van der Waals surface area contributed by atoms with Crippen molar-refractivity contribution in [2.24, 2.45) is 0 Å². The molecule has 0 radical (unpaired) electrons. The number of para-hydroxylation sites is 1. The lowest BCUT2D eigenvalue weighted by molar-refractivity contribution is -0.119. The second-order valence-electron chi connectivity index (χ2n) is 6.17. The van der Waals surface area contributed by atoms with Gasteiger partial charge in [-0.1, -0.05) is 36.0 Å². The van der Waals surface area contributed by atoms with E-state index in [4.69, 9.17) is 0 Å². The molecule has 1 N–H and O–H groups in total. The number of hydrogen-bond donors (Lipinski definition) is 1. The SMILES string of the molecule is COC(=O)NC(=O)[C@H](C)Sc1nc2ccccc2c(=O)n1Cc1ccc(F)cc1. The predicted molar refractivity (Wildman–Crippen MR) is 107 cm³/mol. The molecule has 0 aliphatic heterocycles. The van der Waals surface area contributed by atoms with Crippen molar-refractivity contribution in [3.63, 3.8) is 0 Å². The van der Waals surface area contributed by atoms with Crippen LogP contribution < -0.4 is 10.9 Å². The van der Waals surface area contributed by atoms with Gasteiger partial charge in [0.05, 0.1) is 29.8 Å². The number of methoxy groups -OCH3 is 1. The minimum Gasteiger partial charge on any atom is -0.453 e. The van der Waals surface area contributed by atoms with Crippen molar-refractivity contribution in [2.75, 3.05) is 7.11 Å². The average molecular weight is 415 g/mol. The quantitative estimate of drug-likeness (QED) is 0.509. The Morgan fingerprint density at radius 1 is 1.21 bits per heavy atom. The van der Waals surface area contributed by atoms with Gasteiger partial charge in [0.25, 0.3) is 5.56 Å². The predicted octanol–water partition coefficient (Wildman–Crippen LogP) is 2.95. The number of alkyl carbamates (subject to hydrolysis) is 1. The smallest absolute Gasteiger partial charge is 0.413 e. The van der Waals surface area contributed by atoms with Gasteiger partial charge in [-0.05, 0) is 36.8 Å². The van der Waals surface area contributed by atoms with Gasteiger partial charge in [-0.2, -0.15) is 0 Å². The van der Waals surface area contributed by atoms with Gasteiger partial charge in [0, 0.05) is 0 Å². The molecule has 0 bridgehead atoms. The number of rotatable bonds is 5. The lowest BCUT2D eigenvalue weighted by Gasteiger charge is -2.16. The minimum atomic E-state index is -0.863. The van der Waals surface area contributed by atoms with Crippen LogP contribution in [0.15, 0.2) is 58.5 Å². The van der Waals surface area contributed by atoms with Crippen molar-refractivity contribution >= 4 is 34.7 Å². The number of thioether (sulfide) groups is 1. The standard InChI is InChI=1S/C20H18FN3O4S/c1-12(17(25)23-20(27)28-2)29-19-22-16-6-4-3-5-15(16)18(26)24(19)11-13-7-9-14(21)10-8-13/h3-10,12H,11H2,1-2H3,(H,23,25,27)/t12-/m0/s1. The average Bonchev–Trinajstić information content (AvgIpc) is 2.72. The van der Waals surface area contributed by atoms with E-state index >= 15 is 0 Å². The Bertz CT molecular complexity index is 1110. The molecule has 0 spiro atoms. The summed E-state index contributed by atoms with van der Waals surface area (Å²) < 4.78 is 19.1. The van der Waals surface area contributed by atoms with Crippen LogP contribution in [-0.4, -0.2) is 33.9 Å². The number of hydrogen-bond acceptors (Lipinski definition) is 6. The van der Waals surface area contributed by atoms with E-state index in [-0.39, 0.29) is 17.9 Å². The Kier molecular flexibility index (Phi) is 6.28. The fourth-order valence-electron chi connectivity index (χ4n) is 2.61. The van der Waals surface area contributed by atoms with Crippen molar-refractivity contribution in [1.29, 1.82) is 0 Å². The van der Waals surface area contributed by atoms with E-state index in [9.17, 15) is 18.8 Å². The number of imide groups is 1. The number of benzene rings is 2. The second-order valence-corrected chi connectivity index (χ2v) is 7.48. The molecule has 0 fully saturated rings. The Morgan fingerprint density at radius 3 is 2.59 bits per heavy atom. The highest BCUT2D eigenvalue weighted by molar-refractivity contribution is 8.00. The fraction of sp³-hybridized carbons (Fsp3) is 0.200. The number of nitrogens with one attached hydrogen (secondary N) is 1. The van der Waals surface area contributed by atoms with Crippen molar-refractivity contribution in [2.45, 2.75) is 23.9 Å². The van der Waals surface area contributed by atoms with Crippen LogP contribution in [0.2, 0.25) is 0 Å². The molecule has 9 heteroatoms. The van der Waals surface area contributed by atoms with E-state index in [0.717, 1.165) is 18.9 Å². The molecule has 0 aliphatic rings. The first-order chi connectivity index (χ1) is 13.9. The van der Waals surface area contributed by atoms with Crippen LogP contribution in [0.1, 0.15) is 12.5 Å². The highest BCUT2D eigenvalue weighted by Gasteiger charge is 2.21. The van der Waals surface area contributed by atoms with Crippen LogP contribution in [-0.2, 0) is 16.1 Å². The molecule has 0 unspecified atom stereocenters. The van der Waals surface area contributed by atoms with Gasteiger partial charge in [-0.25, -0.2) is 14.2 Å². The molecule has 3 rings (SSSR count). The van der Waals surface area contributed by atoms with Crippen LogP contribution in [0.5, 0.6) is 0 Å². The Morgan fingerprint density at radius 2 is 1.90 bits per heavy atom. The van der Waals surface area contributed by atoms with Crippen molar-refractivity contribution in [1.82, 2.24) is 14.9 Å². The normalized spacial score (nSPS) is 11.8. The molecule has 0 saturated carbocycles. The molecular formula is C20H18FN3O4S. The molecule has 29 heavy (non-hydrogen) atoms. The third kappa shape index (κ3) is 4.80. The fourth-order valence-corrected chi connectivity index (χ4v) is 3.52. The van der Waals surface area contributed by atoms with Gasteiger partial charge >= 0.3 is 6.09 Å². The van der Waals surface area contributed by atoms with Gasteiger partial charge in [0.15, 0.2) is 5.16 Å². The first-order valence-corrected chi connectivity index (χ1v) is 9.56. The van der Waals surface area contributed by atoms with Crippen LogP contribution in [0.3, 0.4) is 0 Å². The minimum absolute atomic E-state index is 0.157. The second kappa shape index (κ2) is 8.87. The molecule has 7 nitrogen and oxygen atoms in total. The lowest BCUT2D eigenvalue weighted by Crippen LogP contribution is -2.36. The third-order valence-electron chi connectivity index (χ3n) is 4.14. The third-order valence-corrected chi connectivity index (χ3v) is 5.23. The Balaban J connectivity index is 1.99. The molecule has 3 aromatic rings. The zero-order chi connectivity index (χ0) is 21.0. The van der Waals surface area contributed by atoms with E-state index in [2.05, 4.69) is 15.0 Å². The molecule has 1 aromatic heterocycles. The number of nitrogens with zero attached hydrogens (tertiary/aromatic N) is 2. The van der Waals surface area contributed by atoms with Gasteiger partial charge in [0.2, 0.25) is 5.91 Å². The number of amides is 2. The Labute approximate surface area is 169 Å². The highest BCUT2D eigenvalue weighted by atomic mass is 32.2. The van der Waals surface area contributed by atoms with E-state index in [1.807, 2.05) is 0 Å². The van der Waals surface area contributed by atoms with Crippen LogP contribution in [0.4, 0.5) is 9.18 Å². The molecule has 2 aromatic carbocycles. The summed E-state index contributed by atoms with van der Waals surface area (Å²) in [6.07, 6.45) is -0.863. The van der Waals surface area contributed by atoms with Crippen LogP contribution >= 0.6 is 11.8 Å². The monoisotopic (exact) mass is 415 g/mol. The van der Waals surface area contributed by atoms with Crippen molar-refractivity contribution < 1.29 is 18.7 Å². The number of ether oxygens (including phenoxy) is 1. The van der Waals surface area contributed by atoms with Gasteiger partial charge in [-0.3, -0.25) is 19.5 Å². The maximum absolute atomic E-state index is 13.2. The van der Waals surface area contributed by atoms with E-state index < -0.39 is 17.3 Å². The maximum Gasteiger partial charge on any atom is 0.413 e. The zero-order valence-electron chi connectivity index (χ0n) is 15.7. The first-order valence-electron chi connectivity index (χ1n) is 8.68. The van der Waals surface area contributed by atoms with Crippen molar-refractivity contribution in [3.8, 4) is 0 Å². The number of fused-ring (bicyclic) bond motifs is 1. The molecule has 1 heterocycles. The van der Waals surface area contributed by atoms with E-state index in [1.54, 1.807) is 43.3 Å². The molecule has 0 aliphatic carbocycles. The van der Waals surface area contributed by atoms with Gasteiger partial charge in [-0.15, -0.1) is 0 Å². The van der Waals surface area contributed by atoms with Gasteiger partial charge in [0.1, 0.15) is 5.82 Å². The van der Waals surface area contributed by atoms with Crippen LogP contribution in [0, 0.1) is 5.82 Å². The van der Waals surface area contributed by atoms with Gasteiger partial charge < -0.3 is 4.74 Å². The first kappa shape index (κ1) is 20.5. The van der Waals surface area contributed by atoms with E-state index in [1.165, 1.54) is 16.7 Å². The molecule has 0 saturated heterocycles. The lowest BCUT2D eigenvalue weighted by atomic mass is 10.2. The summed E-state index contributed by atoms with van der Waals surface area (Å²) in [6, 6.07) is 12.7. The maximum atomic E-state index is 13.2. The largest absolute Gasteiger partial charge is 0.453 e. The summed E-state index contributed by atoms with van der Waals surface area (Å²) in [7, 11) is 1.16. The summed E-state index contributed by atoms with van der Waals surface area (Å²) in [6.45, 7) is 1.75. The number of carbonyl (C=O) groups excluding carboxylic acids is 2.